The number of nitrogens with two attached hydrogens (primary N) is 1. The fourth-order valence-corrected chi connectivity index (χ4v) is 2.73. The molecule has 2 aromatic rings. The zero-order valence-electron chi connectivity index (χ0n) is 11.8. The Morgan fingerprint density at radius 1 is 1.30 bits per heavy atom. The number of rotatable bonds is 1. The van der Waals surface area contributed by atoms with Crippen molar-refractivity contribution in [2.24, 2.45) is 0 Å². The van der Waals surface area contributed by atoms with Crippen LogP contribution in [0.2, 0.25) is 0 Å². The van der Waals surface area contributed by atoms with E-state index in [0.29, 0.717) is 17.1 Å². The Kier molecular flexibility index (Phi) is 2.94. The summed E-state index contributed by atoms with van der Waals surface area (Å²) in [5, 5.41) is 13.8. The summed E-state index contributed by atoms with van der Waals surface area (Å²) in [6.45, 7) is 3.76. The third-order valence-corrected chi connectivity index (χ3v) is 3.95. The van der Waals surface area contributed by atoms with Crippen LogP contribution in [0.3, 0.4) is 0 Å². The predicted molar refractivity (Wildman–Crippen MR) is 76.6 cm³/mol. The molecule has 2 N–H and O–H groups in total. The highest BCUT2D eigenvalue weighted by atomic mass is 15.3. The van der Waals surface area contributed by atoms with E-state index in [1.807, 2.05) is 19.9 Å². The van der Waals surface area contributed by atoms with Crippen LogP contribution in [-0.2, 0) is 12.8 Å². The van der Waals surface area contributed by atoms with E-state index in [4.69, 9.17) is 10.7 Å². The zero-order valence-corrected chi connectivity index (χ0v) is 11.8. The smallest absolute Gasteiger partial charge is 0.171 e. The maximum Gasteiger partial charge on any atom is 0.171 e. The van der Waals surface area contributed by atoms with Crippen molar-refractivity contribution < 1.29 is 0 Å². The first kappa shape index (κ1) is 12.7. The number of anilines is 1. The summed E-state index contributed by atoms with van der Waals surface area (Å²) in [5.74, 6) is 0.602. The first-order chi connectivity index (χ1) is 9.61. The van der Waals surface area contributed by atoms with Crippen molar-refractivity contribution in [2.45, 2.75) is 39.5 Å². The lowest BCUT2D eigenvalue weighted by Crippen LogP contribution is -2.12. The second-order valence-electron chi connectivity index (χ2n) is 5.28. The number of nitrogen functional groups attached to an aromatic ring is 1. The molecule has 1 aliphatic carbocycles. The van der Waals surface area contributed by atoms with Crippen LogP contribution in [0.4, 0.5) is 5.69 Å². The molecular weight excluding hydrogens is 250 g/mol. The van der Waals surface area contributed by atoms with Crippen LogP contribution in [0, 0.1) is 25.2 Å². The Labute approximate surface area is 118 Å². The molecule has 0 radical (unpaired) electrons. The van der Waals surface area contributed by atoms with E-state index in [1.165, 1.54) is 12.0 Å². The molecule has 0 saturated heterocycles. The van der Waals surface area contributed by atoms with Gasteiger partial charge in [-0.1, -0.05) is 0 Å². The molecule has 0 fully saturated rings. The van der Waals surface area contributed by atoms with Crippen molar-refractivity contribution in [3.63, 3.8) is 0 Å². The predicted octanol–water partition coefficient (Wildman–Crippen LogP) is 2.22. The summed E-state index contributed by atoms with van der Waals surface area (Å²) in [6.07, 6.45) is 4.32. The van der Waals surface area contributed by atoms with Gasteiger partial charge in [-0.2, -0.15) is 10.4 Å². The molecule has 0 spiro atoms. The largest absolute Gasteiger partial charge is 0.396 e. The third-order valence-electron chi connectivity index (χ3n) is 3.95. The number of fused-ring (bicyclic) bond motifs is 1. The number of nitriles is 1. The monoisotopic (exact) mass is 267 g/mol. The summed E-state index contributed by atoms with van der Waals surface area (Å²) in [7, 11) is 0. The fourth-order valence-electron chi connectivity index (χ4n) is 2.73. The number of hydrogen-bond donors (Lipinski definition) is 1. The number of aryl methyl sites for hydroxylation is 3. The molecule has 102 valence electrons. The highest BCUT2D eigenvalue weighted by Gasteiger charge is 2.19. The van der Waals surface area contributed by atoms with Crippen LogP contribution >= 0.6 is 0 Å². The minimum Gasteiger partial charge on any atom is -0.396 e. The summed E-state index contributed by atoms with van der Waals surface area (Å²) in [6, 6.07) is 4.20. The fraction of sp³-hybridized carbons (Fsp3) is 0.400. The molecule has 2 aromatic heterocycles. The summed E-state index contributed by atoms with van der Waals surface area (Å²) in [4.78, 5) is 4.69. The van der Waals surface area contributed by atoms with Crippen molar-refractivity contribution in [3.05, 3.63) is 34.3 Å². The lowest BCUT2D eigenvalue weighted by molar-refractivity contribution is 0.660. The van der Waals surface area contributed by atoms with Crippen LogP contribution in [0.15, 0.2) is 6.07 Å². The van der Waals surface area contributed by atoms with E-state index >= 15 is 0 Å². The normalized spacial score (nSPS) is 13.8. The molecule has 0 bridgehead atoms. The van der Waals surface area contributed by atoms with E-state index in [1.54, 1.807) is 4.68 Å². The van der Waals surface area contributed by atoms with Crippen molar-refractivity contribution >= 4 is 5.69 Å². The van der Waals surface area contributed by atoms with Crippen LogP contribution in [-0.4, -0.2) is 14.8 Å². The van der Waals surface area contributed by atoms with Gasteiger partial charge in [0, 0.05) is 5.69 Å². The summed E-state index contributed by atoms with van der Waals surface area (Å²) < 4.78 is 1.69. The second kappa shape index (κ2) is 4.64. The minimum atomic E-state index is 0.566. The topological polar surface area (TPSA) is 80.5 Å². The van der Waals surface area contributed by atoms with Gasteiger partial charge in [0.2, 0.25) is 0 Å². The Balaban J connectivity index is 2.22. The van der Waals surface area contributed by atoms with E-state index in [2.05, 4.69) is 11.2 Å². The van der Waals surface area contributed by atoms with Crippen LogP contribution in [0.1, 0.15) is 41.1 Å². The maximum absolute atomic E-state index is 9.39. The molecule has 0 aliphatic heterocycles. The van der Waals surface area contributed by atoms with E-state index in [0.717, 1.165) is 36.3 Å². The SMILES string of the molecule is Cc1nn(-c2nc3c(cc2C#N)CCCC3)c(C)c1N. The van der Waals surface area contributed by atoms with Crippen LogP contribution in [0.25, 0.3) is 5.82 Å². The number of nitrogens with zero attached hydrogens (tertiary/aromatic N) is 4. The van der Waals surface area contributed by atoms with Crippen LogP contribution < -0.4 is 5.73 Å². The van der Waals surface area contributed by atoms with E-state index in [-0.39, 0.29) is 0 Å². The molecule has 0 atom stereocenters. The molecular formula is C15H17N5. The van der Waals surface area contributed by atoms with Crippen molar-refractivity contribution in [1.82, 2.24) is 14.8 Å². The highest BCUT2D eigenvalue weighted by Crippen LogP contribution is 2.26. The third kappa shape index (κ3) is 1.85. The molecule has 0 saturated carbocycles. The Morgan fingerprint density at radius 3 is 2.70 bits per heavy atom. The molecule has 0 amide bonds. The molecule has 5 nitrogen and oxygen atoms in total. The standard InChI is InChI=1S/C15H17N5/c1-9-14(17)10(2)20(19-9)15-12(8-16)7-11-5-3-4-6-13(11)18-15/h7H,3-6,17H2,1-2H3. The highest BCUT2D eigenvalue weighted by molar-refractivity contribution is 5.54. The molecule has 5 heteroatoms. The Morgan fingerprint density at radius 2 is 2.05 bits per heavy atom. The molecule has 0 unspecified atom stereocenters. The van der Waals surface area contributed by atoms with Gasteiger partial charge in [-0.3, -0.25) is 0 Å². The molecule has 20 heavy (non-hydrogen) atoms. The summed E-state index contributed by atoms with van der Waals surface area (Å²) >= 11 is 0. The van der Waals surface area contributed by atoms with E-state index in [9.17, 15) is 5.26 Å². The average molecular weight is 267 g/mol. The first-order valence-corrected chi connectivity index (χ1v) is 6.86. The number of aromatic nitrogens is 3. The molecule has 2 heterocycles. The van der Waals surface area contributed by atoms with Gasteiger partial charge < -0.3 is 5.73 Å². The summed E-state index contributed by atoms with van der Waals surface area (Å²) in [5.41, 5.74) is 11.1. The quantitative estimate of drug-likeness (QED) is 0.859. The van der Waals surface area contributed by atoms with Gasteiger partial charge in [0.1, 0.15) is 6.07 Å². The van der Waals surface area contributed by atoms with Gasteiger partial charge in [-0.25, -0.2) is 9.67 Å². The van der Waals surface area contributed by atoms with Gasteiger partial charge in [-0.05, 0) is 51.2 Å². The first-order valence-electron chi connectivity index (χ1n) is 6.86. The minimum absolute atomic E-state index is 0.566. The Bertz CT molecular complexity index is 721. The van der Waals surface area contributed by atoms with E-state index < -0.39 is 0 Å². The van der Waals surface area contributed by atoms with Gasteiger partial charge in [0.15, 0.2) is 5.82 Å². The molecule has 1 aliphatic rings. The van der Waals surface area contributed by atoms with Crippen molar-refractivity contribution in [1.29, 1.82) is 5.26 Å². The average Bonchev–Trinajstić information content (AvgIpc) is 2.73. The lowest BCUT2D eigenvalue weighted by atomic mass is 9.95. The second-order valence-corrected chi connectivity index (χ2v) is 5.28. The lowest BCUT2D eigenvalue weighted by Gasteiger charge is -2.17. The van der Waals surface area contributed by atoms with Gasteiger partial charge in [-0.15, -0.1) is 0 Å². The van der Waals surface area contributed by atoms with Crippen molar-refractivity contribution in [2.75, 3.05) is 5.73 Å². The molecule has 0 aromatic carbocycles. The number of hydrogen-bond acceptors (Lipinski definition) is 4. The maximum atomic E-state index is 9.39. The number of pyridine rings is 1. The molecule has 3 rings (SSSR count). The van der Waals surface area contributed by atoms with Gasteiger partial charge >= 0.3 is 0 Å². The Hall–Kier alpha value is -2.35. The van der Waals surface area contributed by atoms with Gasteiger partial charge in [0.25, 0.3) is 0 Å². The zero-order chi connectivity index (χ0) is 14.3. The van der Waals surface area contributed by atoms with Gasteiger partial charge in [0.05, 0.1) is 22.6 Å². The van der Waals surface area contributed by atoms with Crippen LogP contribution in [0.5, 0.6) is 0 Å². The van der Waals surface area contributed by atoms with Crippen molar-refractivity contribution in [3.8, 4) is 11.9 Å².